The summed E-state index contributed by atoms with van der Waals surface area (Å²) >= 11 is 0. The minimum Gasteiger partial charge on any atom is -0.388 e. The average Bonchev–Trinajstić information content (AvgIpc) is 2.79. The standard InChI is InChI=1S/C18H34N4O11/c19-2-6-10(25)12(27)13(28)18(30-6)33-16-5(21)1-4(20)15(14(16)29)32-17-11(26)8(22)9(24)7(3-23)31-17/h3-18,24-29H,1-2,19-22H2/t4-,5+,6-,7-,8+,9-,10-,11-,12+,13-,14-,15+,16-,17-,18-/m1/s1. The van der Waals surface area contributed by atoms with E-state index in [1.165, 1.54) is 0 Å². The molecule has 0 bridgehead atoms. The van der Waals surface area contributed by atoms with Crippen LogP contribution in [0, 0.1) is 0 Å². The van der Waals surface area contributed by atoms with Crippen molar-refractivity contribution >= 4 is 6.29 Å². The summed E-state index contributed by atoms with van der Waals surface area (Å²) in [7, 11) is 0. The van der Waals surface area contributed by atoms with Crippen LogP contribution in [-0.4, -0.2) is 135 Å². The van der Waals surface area contributed by atoms with Crippen molar-refractivity contribution in [3.63, 3.8) is 0 Å². The first-order valence-corrected chi connectivity index (χ1v) is 10.6. The topological polar surface area (TPSA) is 279 Å². The SMILES string of the molecule is NC[C@H]1O[C@H](O[C@H]2[C@H](O)[C@@H](O[C@H]3O[C@H](C=O)[C@@H](O)[C@H](N)[C@H]3O)[C@H](N)C[C@@H]2N)[C@H](O)[C@@H](O)[C@@H]1O. The van der Waals surface area contributed by atoms with Gasteiger partial charge in [0.05, 0.1) is 6.04 Å². The number of ether oxygens (including phenoxy) is 4. The number of aliphatic hydroxyl groups is 6. The molecule has 3 aliphatic rings. The van der Waals surface area contributed by atoms with Gasteiger partial charge in [-0.15, -0.1) is 0 Å². The monoisotopic (exact) mass is 482 g/mol. The maximum atomic E-state index is 11.2. The third kappa shape index (κ3) is 5.21. The highest BCUT2D eigenvalue weighted by atomic mass is 16.7. The van der Waals surface area contributed by atoms with E-state index in [2.05, 4.69) is 0 Å². The zero-order valence-corrected chi connectivity index (χ0v) is 17.7. The molecular formula is C18H34N4O11. The van der Waals surface area contributed by atoms with Crippen LogP contribution in [-0.2, 0) is 23.7 Å². The summed E-state index contributed by atoms with van der Waals surface area (Å²) in [5, 5.41) is 61.4. The minimum absolute atomic E-state index is 0.0648. The van der Waals surface area contributed by atoms with Gasteiger partial charge in [-0.2, -0.15) is 0 Å². The molecule has 15 atom stereocenters. The van der Waals surface area contributed by atoms with Gasteiger partial charge >= 0.3 is 0 Å². The van der Waals surface area contributed by atoms with E-state index in [0.29, 0.717) is 6.29 Å². The summed E-state index contributed by atoms with van der Waals surface area (Å²) in [6, 6.07) is -2.98. The maximum Gasteiger partial charge on any atom is 0.187 e. The van der Waals surface area contributed by atoms with Crippen LogP contribution in [0.25, 0.3) is 0 Å². The lowest BCUT2D eigenvalue weighted by Gasteiger charge is -2.47. The second kappa shape index (κ2) is 10.8. The summed E-state index contributed by atoms with van der Waals surface area (Å²) in [6.07, 6.45) is -16.8. The fourth-order valence-corrected chi connectivity index (χ4v) is 4.32. The predicted octanol–water partition coefficient (Wildman–Crippen LogP) is -7.08. The third-order valence-corrected chi connectivity index (χ3v) is 6.37. The minimum atomic E-state index is -1.67. The number of rotatable bonds is 6. The van der Waals surface area contributed by atoms with Crippen LogP contribution in [0.5, 0.6) is 0 Å². The number of aldehydes is 1. The molecule has 2 saturated heterocycles. The van der Waals surface area contributed by atoms with E-state index >= 15 is 0 Å². The van der Waals surface area contributed by atoms with Crippen molar-refractivity contribution in [3.05, 3.63) is 0 Å². The van der Waals surface area contributed by atoms with Crippen molar-refractivity contribution in [3.8, 4) is 0 Å². The first-order chi connectivity index (χ1) is 15.5. The molecule has 0 aromatic heterocycles. The predicted molar refractivity (Wildman–Crippen MR) is 107 cm³/mol. The van der Waals surface area contributed by atoms with Crippen LogP contribution in [0.4, 0.5) is 0 Å². The van der Waals surface area contributed by atoms with E-state index < -0.39 is 91.7 Å². The fourth-order valence-electron chi connectivity index (χ4n) is 4.32. The Morgan fingerprint density at radius 2 is 1.30 bits per heavy atom. The molecule has 3 fully saturated rings. The summed E-state index contributed by atoms with van der Waals surface area (Å²) < 4.78 is 22.0. The molecule has 192 valence electrons. The molecular weight excluding hydrogens is 448 g/mol. The van der Waals surface area contributed by atoms with Gasteiger partial charge in [-0.05, 0) is 6.42 Å². The van der Waals surface area contributed by atoms with Gasteiger partial charge in [-0.3, -0.25) is 0 Å². The molecule has 3 rings (SSSR count). The van der Waals surface area contributed by atoms with E-state index in [0.717, 1.165) is 0 Å². The summed E-state index contributed by atoms with van der Waals surface area (Å²) in [6.45, 7) is -0.179. The molecule has 14 N–H and O–H groups in total. The highest BCUT2D eigenvalue weighted by Gasteiger charge is 2.51. The van der Waals surface area contributed by atoms with E-state index in [1.807, 2.05) is 0 Å². The van der Waals surface area contributed by atoms with Gasteiger partial charge in [0.1, 0.15) is 61.0 Å². The molecule has 0 aromatic carbocycles. The number of carbonyl (C=O) groups excluding carboxylic acids is 1. The zero-order chi connectivity index (χ0) is 24.6. The average molecular weight is 482 g/mol. The Labute approximate surface area is 189 Å². The number of carbonyl (C=O) groups is 1. The Morgan fingerprint density at radius 3 is 1.82 bits per heavy atom. The first-order valence-electron chi connectivity index (χ1n) is 10.6. The van der Waals surface area contributed by atoms with E-state index in [1.54, 1.807) is 0 Å². The Balaban J connectivity index is 1.73. The molecule has 15 nitrogen and oxygen atoms in total. The smallest absolute Gasteiger partial charge is 0.187 e. The summed E-state index contributed by atoms with van der Waals surface area (Å²) in [4.78, 5) is 11.2. The lowest BCUT2D eigenvalue weighted by atomic mass is 9.84. The molecule has 0 amide bonds. The number of nitrogens with two attached hydrogens (primary N) is 4. The molecule has 1 aliphatic carbocycles. The van der Waals surface area contributed by atoms with Crippen molar-refractivity contribution in [2.45, 2.75) is 98.2 Å². The van der Waals surface area contributed by atoms with Gasteiger partial charge in [-0.1, -0.05) is 0 Å². The molecule has 0 radical (unpaired) electrons. The number of hydrogen-bond acceptors (Lipinski definition) is 15. The van der Waals surface area contributed by atoms with Crippen LogP contribution in [0.1, 0.15) is 6.42 Å². The number of hydrogen-bond donors (Lipinski definition) is 10. The second-order valence-corrected chi connectivity index (χ2v) is 8.67. The van der Waals surface area contributed by atoms with E-state index in [4.69, 9.17) is 41.9 Å². The molecule has 2 heterocycles. The molecule has 33 heavy (non-hydrogen) atoms. The zero-order valence-electron chi connectivity index (χ0n) is 17.7. The van der Waals surface area contributed by atoms with Crippen molar-refractivity contribution in [1.29, 1.82) is 0 Å². The molecule has 0 spiro atoms. The molecule has 0 unspecified atom stereocenters. The Kier molecular flexibility index (Phi) is 8.74. The largest absolute Gasteiger partial charge is 0.388 e. The Morgan fingerprint density at radius 1 is 0.758 bits per heavy atom. The van der Waals surface area contributed by atoms with Crippen molar-refractivity contribution < 1.29 is 54.4 Å². The highest BCUT2D eigenvalue weighted by Crippen LogP contribution is 2.31. The molecule has 1 saturated carbocycles. The summed E-state index contributed by atoms with van der Waals surface area (Å²) in [5.41, 5.74) is 23.4. The van der Waals surface area contributed by atoms with Crippen molar-refractivity contribution in [1.82, 2.24) is 0 Å². The van der Waals surface area contributed by atoms with Crippen LogP contribution in [0.3, 0.4) is 0 Å². The van der Waals surface area contributed by atoms with Gasteiger partial charge in [0.25, 0.3) is 0 Å². The normalized spacial score (nSPS) is 53.6. The third-order valence-electron chi connectivity index (χ3n) is 6.37. The molecule has 2 aliphatic heterocycles. The fraction of sp³-hybridized carbons (Fsp3) is 0.944. The highest BCUT2D eigenvalue weighted by molar-refractivity contribution is 5.57. The van der Waals surface area contributed by atoms with E-state index in [-0.39, 0.29) is 13.0 Å². The molecule has 15 heteroatoms. The first kappa shape index (κ1) is 26.7. The Hall–Kier alpha value is -0.890. The lowest BCUT2D eigenvalue weighted by molar-refractivity contribution is -0.329. The van der Waals surface area contributed by atoms with Crippen LogP contribution in [0.2, 0.25) is 0 Å². The van der Waals surface area contributed by atoms with E-state index in [9.17, 15) is 35.4 Å². The van der Waals surface area contributed by atoms with Gasteiger partial charge in [0.2, 0.25) is 0 Å². The maximum absolute atomic E-state index is 11.2. The lowest BCUT2D eigenvalue weighted by Crippen LogP contribution is -2.68. The Bertz CT molecular complexity index is 663. The van der Waals surface area contributed by atoms with Crippen LogP contribution in [0.15, 0.2) is 0 Å². The van der Waals surface area contributed by atoms with Gasteiger partial charge < -0.3 is 77.3 Å². The van der Waals surface area contributed by atoms with Crippen molar-refractivity contribution in [2.24, 2.45) is 22.9 Å². The number of aliphatic hydroxyl groups excluding tert-OH is 6. The van der Waals surface area contributed by atoms with Crippen LogP contribution >= 0.6 is 0 Å². The van der Waals surface area contributed by atoms with Crippen molar-refractivity contribution in [2.75, 3.05) is 6.54 Å². The van der Waals surface area contributed by atoms with Gasteiger partial charge in [0.15, 0.2) is 18.9 Å². The van der Waals surface area contributed by atoms with Crippen LogP contribution < -0.4 is 22.9 Å². The van der Waals surface area contributed by atoms with Gasteiger partial charge in [-0.25, -0.2) is 0 Å². The quantitative estimate of drug-likeness (QED) is 0.157. The summed E-state index contributed by atoms with van der Waals surface area (Å²) in [5.74, 6) is 0. The second-order valence-electron chi connectivity index (χ2n) is 8.67. The molecule has 0 aromatic rings. The van der Waals surface area contributed by atoms with Gasteiger partial charge in [0, 0.05) is 18.6 Å².